The number of carboxylic acids is 2. The van der Waals surface area contributed by atoms with Crippen molar-refractivity contribution in [3.8, 4) is 23.0 Å². The van der Waals surface area contributed by atoms with Crippen molar-refractivity contribution >= 4 is 11.9 Å². The van der Waals surface area contributed by atoms with E-state index >= 15 is 0 Å². The van der Waals surface area contributed by atoms with E-state index in [1.807, 2.05) is 0 Å². The van der Waals surface area contributed by atoms with Crippen molar-refractivity contribution in [3.05, 3.63) is 80.9 Å². The molecule has 0 amide bonds. The van der Waals surface area contributed by atoms with E-state index in [1.54, 1.807) is 0 Å². The highest BCUT2D eigenvalue weighted by Crippen LogP contribution is 2.34. The second-order valence-electron chi connectivity index (χ2n) is 8.50. The number of aromatic hydroxyl groups is 4. The van der Waals surface area contributed by atoms with Crippen LogP contribution in [0.15, 0.2) is 36.4 Å². The fourth-order valence-corrected chi connectivity index (χ4v) is 4.57. The summed E-state index contributed by atoms with van der Waals surface area (Å²) < 4.78 is 0. The van der Waals surface area contributed by atoms with Gasteiger partial charge in [0.05, 0.1) is 11.1 Å². The molecule has 3 aromatic rings. The van der Waals surface area contributed by atoms with Gasteiger partial charge in [-0.15, -0.1) is 0 Å². The second kappa shape index (κ2) is 8.97. The maximum absolute atomic E-state index is 11.7. The van der Waals surface area contributed by atoms with E-state index in [0.717, 1.165) is 22.3 Å². The van der Waals surface area contributed by atoms with Crippen LogP contribution in [0.2, 0.25) is 0 Å². The largest absolute Gasteiger partial charge is 0.504 e. The Morgan fingerprint density at radius 1 is 0.441 bits per heavy atom. The molecule has 0 unspecified atom stereocenters. The molecule has 6 N–H and O–H groups in total. The van der Waals surface area contributed by atoms with Crippen molar-refractivity contribution in [1.82, 2.24) is 0 Å². The van der Waals surface area contributed by atoms with Crippen molar-refractivity contribution in [2.75, 3.05) is 0 Å². The topological polar surface area (TPSA) is 156 Å². The Bertz CT molecular complexity index is 1210. The zero-order valence-electron chi connectivity index (χ0n) is 18.2. The molecule has 0 saturated carbocycles. The summed E-state index contributed by atoms with van der Waals surface area (Å²) >= 11 is 0. The molecule has 176 valence electrons. The van der Waals surface area contributed by atoms with Gasteiger partial charge in [-0.05, 0) is 108 Å². The van der Waals surface area contributed by atoms with E-state index in [2.05, 4.69) is 0 Å². The van der Waals surface area contributed by atoms with Gasteiger partial charge in [0.1, 0.15) is 0 Å². The first kappa shape index (κ1) is 23.0. The number of hydrogen-bond donors (Lipinski definition) is 6. The molecule has 8 heteroatoms. The summed E-state index contributed by atoms with van der Waals surface area (Å²) in [6.07, 6.45) is 2.70. The first-order valence-corrected chi connectivity index (χ1v) is 10.8. The van der Waals surface area contributed by atoms with E-state index in [0.29, 0.717) is 49.7 Å². The number of phenolic OH excluding ortho intramolecular Hbond substituents is 4. The first-order valence-electron chi connectivity index (χ1n) is 10.8. The van der Waals surface area contributed by atoms with E-state index in [1.165, 1.54) is 36.4 Å². The average Bonchev–Trinajstić information content (AvgIpc) is 2.78. The van der Waals surface area contributed by atoms with Crippen molar-refractivity contribution in [2.45, 2.75) is 38.5 Å². The Kier molecular flexibility index (Phi) is 6.06. The van der Waals surface area contributed by atoms with Crippen LogP contribution in [0.3, 0.4) is 0 Å². The van der Waals surface area contributed by atoms with Gasteiger partial charge in [-0.2, -0.15) is 0 Å². The molecule has 1 aliphatic carbocycles. The molecule has 0 atom stereocenters. The fraction of sp³-hybridized carbons (Fsp3) is 0.231. The molecule has 0 aliphatic heterocycles. The molecule has 0 heterocycles. The fourth-order valence-electron chi connectivity index (χ4n) is 4.57. The quantitative estimate of drug-likeness (QED) is 0.314. The summed E-state index contributed by atoms with van der Waals surface area (Å²) in [5, 5.41) is 59.3. The SMILES string of the molecule is O=C(O)c1cc2c(cc1C(=O)O)CCc1cc(O)c(O)cc1CCc1cc(O)c(O)cc1CC2. The number of rotatable bonds is 2. The van der Waals surface area contributed by atoms with Crippen molar-refractivity contribution in [2.24, 2.45) is 0 Å². The minimum atomic E-state index is -1.33. The Balaban J connectivity index is 1.88. The third-order valence-corrected chi connectivity index (χ3v) is 6.39. The molecule has 0 bridgehead atoms. The first-order chi connectivity index (χ1) is 16.1. The summed E-state index contributed by atoms with van der Waals surface area (Å²) in [5.74, 6) is -3.69. The summed E-state index contributed by atoms with van der Waals surface area (Å²) in [7, 11) is 0. The number of benzene rings is 3. The lowest BCUT2D eigenvalue weighted by Gasteiger charge is -2.19. The standard InChI is InChI=1S/C26H24O8/c27-21-9-15-3-1-13-7-19(25(31)32)20(26(33)34)8-14(13)2-4-16-10-22(28)24(30)12-18(16)6-5-17(15)11-23(21)29/h7-12,27-30H,1-6H2,(H,31,32)(H,33,34). The van der Waals surface area contributed by atoms with Gasteiger partial charge in [-0.3, -0.25) is 0 Å². The lowest BCUT2D eigenvalue weighted by molar-refractivity contribution is 0.0651. The molecule has 8 nitrogen and oxygen atoms in total. The number of hydrogen-bond acceptors (Lipinski definition) is 6. The minimum Gasteiger partial charge on any atom is -0.504 e. The maximum atomic E-state index is 11.7. The van der Waals surface area contributed by atoms with Gasteiger partial charge in [0.15, 0.2) is 23.0 Å². The predicted octanol–water partition coefficient (Wildman–Crippen LogP) is 3.57. The summed E-state index contributed by atoms with van der Waals surface area (Å²) in [6, 6.07) is 8.73. The van der Waals surface area contributed by atoms with Crippen LogP contribution in [0.5, 0.6) is 23.0 Å². The van der Waals surface area contributed by atoms with Crippen molar-refractivity contribution in [1.29, 1.82) is 0 Å². The predicted molar refractivity (Wildman–Crippen MR) is 122 cm³/mol. The van der Waals surface area contributed by atoms with Gasteiger partial charge in [0.2, 0.25) is 0 Å². The van der Waals surface area contributed by atoms with Gasteiger partial charge in [-0.1, -0.05) is 0 Å². The molecule has 1 aliphatic rings. The van der Waals surface area contributed by atoms with E-state index in [9.17, 15) is 40.2 Å². The number of carboxylic acid groups (broad SMARTS) is 2. The van der Waals surface area contributed by atoms with Gasteiger partial charge in [-0.25, -0.2) is 9.59 Å². The highest BCUT2D eigenvalue weighted by molar-refractivity contribution is 6.02. The Morgan fingerprint density at radius 2 is 0.647 bits per heavy atom. The normalized spacial score (nSPS) is 13.5. The molecule has 34 heavy (non-hydrogen) atoms. The smallest absolute Gasteiger partial charge is 0.336 e. The third kappa shape index (κ3) is 4.47. The molecular formula is C26H24O8. The molecule has 0 aromatic heterocycles. The average molecular weight is 464 g/mol. The Labute approximate surface area is 195 Å². The lowest BCUT2D eigenvalue weighted by atomic mass is 9.87. The van der Waals surface area contributed by atoms with Crippen molar-refractivity contribution < 1.29 is 40.2 Å². The summed E-state index contributed by atoms with van der Waals surface area (Å²) in [6.45, 7) is 0. The van der Waals surface area contributed by atoms with Crippen LogP contribution in [-0.4, -0.2) is 42.6 Å². The van der Waals surface area contributed by atoms with Crippen LogP contribution in [0.25, 0.3) is 0 Å². The summed E-state index contributed by atoms with van der Waals surface area (Å²) in [5.41, 5.74) is 3.87. The highest BCUT2D eigenvalue weighted by Gasteiger charge is 2.21. The molecule has 0 radical (unpaired) electrons. The number of phenols is 4. The number of aromatic carboxylic acids is 2. The molecule has 0 spiro atoms. The maximum Gasteiger partial charge on any atom is 0.336 e. The monoisotopic (exact) mass is 464 g/mol. The van der Waals surface area contributed by atoms with Crippen LogP contribution < -0.4 is 0 Å². The van der Waals surface area contributed by atoms with Gasteiger partial charge >= 0.3 is 11.9 Å². The zero-order valence-corrected chi connectivity index (χ0v) is 18.2. The van der Waals surface area contributed by atoms with Crippen LogP contribution in [-0.2, 0) is 38.5 Å². The molecular weight excluding hydrogens is 440 g/mol. The second-order valence-corrected chi connectivity index (χ2v) is 8.50. The van der Waals surface area contributed by atoms with Crippen LogP contribution in [0, 0.1) is 0 Å². The van der Waals surface area contributed by atoms with Gasteiger partial charge < -0.3 is 30.6 Å². The van der Waals surface area contributed by atoms with Crippen molar-refractivity contribution in [3.63, 3.8) is 0 Å². The zero-order chi connectivity index (χ0) is 24.6. The van der Waals surface area contributed by atoms with Gasteiger partial charge in [0, 0.05) is 0 Å². The molecule has 0 saturated heterocycles. The Morgan fingerprint density at radius 3 is 0.853 bits per heavy atom. The number of fused-ring (bicyclic) bond motifs is 3. The van der Waals surface area contributed by atoms with Gasteiger partial charge in [0.25, 0.3) is 0 Å². The van der Waals surface area contributed by atoms with E-state index < -0.39 is 11.9 Å². The highest BCUT2D eigenvalue weighted by atomic mass is 16.4. The Hall–Kier alpha value is -4.20. The van der Waals surface area contributed by atoms with Crippen LogP contribution in [0.1, 0.15) is 54.1 Å². The summed E-state index contributed by atoms with van der Waals surface area (Å²) in [4.78, 5) is 23.5. The lowest BCUT2D eigenvalue weighted by Crippen LogP contribution is -2.13. The number of carbonyl (C=O) groups is 2. The number of aryl methyl sites for hydroxylation is 6. The molecule has 3 aromatic carbocycles. The van der Waals surface area contributed by atoms with Crippen LogP contribution >= 0.6 is 0 Å². The van der Waals surface area contributed by atoms with E-state index in [4.69, 9.17) is 0 Å². The molecule has 0 fully saturated rings. The molecule has 4 rings (SSSR count). The minimum absolute atomic E-state index is 0.251. The van der Waals surface area contributed by atoms with Crippen LogP contribution in [0.4, 0.5) is 0 Å². The third-order valence-electron chi connectivity index (χ3n) is 6.39. The van der Waals surface area contributed by atoms with E-state index in [-0.39, 0.29) is 34.1 Å².